The van der Waals surface area contributed by atoms with Crippen LogP contribution < -0.4 is 9.80 Å². The molecule has 1 saturated heterocycles. The molecule has 0 spiro atoms. The molecule has 1 aliphatic rings. The third kappa shape index (κ3) is 4.37. The van der Waals surface area contributed by atoms with Crippen LogP contribution in [0, 0.1) is 19.7 Å². The lowest BCUT2D eigenvalue weighted by Crippen LogP contribution is -3.22. The van der Waals surface area contributed by atoms with Crippen molar-refractivity contribution in [3.05, 3.63) is 105 Å². The molecule has 150 valence electrons. The summed E-state index contributed by atoms with van der Waals surface area (Å²) in [5.41, 5.74) is 5.89. The lowest BCUT2D eigenvalue weighted by Gasteiger charge is -2.25. The third-order valence-electron chi connectivity index (χ3n) is 6.14. The van der Waals surface area contributed by atoms with E-state index in [0.29, 0.717) is 17.1 Å². The minimum Gasteiger partial charge on any atom is -0.274 e. The van der Waals surface area contributed by atoms with E-state index in [9.17, 15) is 4.39 Å². The molecule has 1 fully saturated rings. The average Bonchev–Trinajstić information content (AvgIpc) is 3.09. The van der Waals surface area contributed by atoms with Crippen LogP contribution in [0.4, 0.5) is 4.39 Å². The maximum absolute atomic E-state index is 14.5. The van der Waals surface area contributed by atoms with Crippen LogP contribution in [0.5, 0.6) is 0 Å². The first-order valence-electron chi connectivity index (χ1n) is 10.3. The van der Waals surface area contributed by atoms with Crippen molar-refractivity contribution in [2.45, 2.75) is 33.1 Å². The highest BCUT2D eigenvalue weighted by Gasteiger charge is 2.41. The maximum Gasteiger partial charge on any atom is 0.241 e. The molecule has 1 heterocycles. The number of halogens is 2. The van der Waals surface area contributed by atoms with E-state index in [1.807, 2.05) is 0 Å². The van der Waals surface area contributed by atoms with Gasteiger partial charge in [0.05, 0.1) is 16.1 Å². The van der Waals surface area contributed by atoms with E-state index in [-0.39, 0.29) is 12.0 Å². The van der Waals surface area contributed by atoms with Gasteiger partial charge in [0.25, 0.3) is 0 Å². The van der Waals surface area contributed by atoms with Gasteiger partial charge in [0.15, 0.2) is 0 Å². The summed E-state index contributed by atoms with van der Waals surface area (Å²) in [5, 5.41) is 0.521. The number of quaternary nitrogens is 2. The van der Waals surface area contributed by atoms with Gasteiger partial charge in [0, 0.05) is 5.56 Å². The zero-order valence-electron chi connectivity index (χ0n) is 17.0. The minimum absolute atomic E-state index is 0.208. The van der Waals surface area contributed by atoms with Crippen LogP contribution in [-0.4, -0.2) is 13.1 Å². The zero-order chi connectivity index (χ0) is 20.4. The van der Waals surface area contributed by atoms with Crippen molar-refractivity contribution in [2.24, 2.45) is 0 Å². The number of hydrogen-bond acceptors (Lipinski definition) is 0. The highest BCUT2D eigenvalue weighted by Crippen LogP contribution is 2.19. The second kappa shape index (κ2) is 8.66. The minimum atomic E-state index is -0.208. The lowest BCUT2D eigenvalue weighted by atomic mass is 10.1. The highest BCUT2D eigenvalue weighted by atomic mass is 35.5. The van der Waals surface area contributed by atoms with Crippen molar-refractivity contribution in [1.29, 1.82) is 0 Å². The quantitative estimate of drug-likeness (QED) is 0.638. The van der Waals surface area contributed by atoms with E-state index in [4.69, 9.17) is 11.6 Å². The van der Waals surface area contributed by atoms with Crippen LogP contribution in [0.15, 0.2) is 66.7 Å². The van der Waals surface area contributed by atoms with E-state index in [1.54, 1.807) is 12.1 Å². The van der Waals surface area contributed by atoms with Crippen LogP contribution in [0.1, 0.15) is 34.0 Å². The number of nitrogens with one attached hydrogen (secondary N) is 2. The molecule has 0 aromatic heterocycles. The molecule has 0 saturated carbocycles. The van der Waals surface area contributed by atoms with Crippen LogP contribution in [0.2, 0.25) is 5.02 Å². The smallest absolute Gasteiger partial charge is 0.241 e. The Morgan fingerprint density at radius 2 is 1.55 bits per heavy atom. The molecule has 3 aromatic carbocycles. The van der Waals surface area contributed by atoms with E-state index in [0.717, 1.165) is 19.6 Å². The van der Waals surface area contributed by atoms with Crippen molar-refractivity contribution in [2.75, 3.05) is 13.1 Å². The fourth-order valence-corrected chi connectivity index (χ4v) is 4.72. The third-order valence-corrected chi connectivity index (χ3v) is 6.49. The summed E-state index contributed by atoms with van der Waals surface area (Å²) >= 11 is 6.35. The Hall–Kier alpha value is -2.20. The molecular formula is C25H28ClFN2+2. The summed E-state index contributed by atoms with van der Waals surface area (Å²) in [6.45, 7) is 7.90. The first kappa shape index (κ1) is 20.1. The van der Waals surface area contributed by atoms with Gasteiger partial charge in [0.2, 0.25) is 6.17 Å². The summed E-state index contributed by atoms with van der Waals surface area (Å²) in [6.07, 6.45) is 0.255. The van der Waals surface area contributed by atoms with Crippen LogP contribution in [0.25, 0.3) is 0 Å². The molecule has 0 aliphatic carbocycles. The van der Waals surface area contributed by atoms with Crippen molar-refractivity contribution in [3.63, 3.8) is 0 Å². The second-order valence-electron chi connectivity index (χ2n) is 8.14. The fourth-order valence-electron chi connectivity index (χ4n) is 4.49. The highest BCUT2D eigenvalue weighted by molar-refractivity contribution is 6.31. The van der Waals surface area contributed by atoms with Gasteiger partial charge in [-0.05, 0) is 43.7 Å². The van der Waals surface area contributed by atoms with E-state index in [1.165, 1.54) is 38.1 Å². The Labute approximate surface area is 177 Å². The Morgan fingerprint density at radius 1 is 0.862 bits per heavy atom. The van der Waals surface area contributed by atoms with Gasteiger partial charge in [0.1, 0.15) is 32.0 Å². The van der Waals surface area contributed by atoms with Gasteiger partial charge in [-0.2, -0.15) is 0 Å². The molecule has 3 aromatic rings. The zero-order valence-corrected chi connectivity index (χ0v) is 17.8. The standard InChI is InChI=1S/C25H26ClFN2/c1-18-10-12-20(13-11-18)25-28(16-21-7-4-3-6-19(21)2)14-15-29(25)17-22-23(26)8-5-9-24(22)27/h3-13,25H,14-17H2,1-2H3/p+2. The van der Waals surface area contributed by atoms with Crippen molar-refractivity contribution < 1.29 is 14.2 Å². The molecule has 29 heavy (non-hydrogen) atoms. The van der Waals surface area contributed by atoms with Gasteiger partial charge in [-0.25, -0.2) is 4.39 Å². The summed E-state index contributed by atoms with van der Waals surface area (Å²) in [4.78, 5) is 2.88. The second-order valence-corrected chi connectivity index (χ2v) is 8.55. The largest absolute Gasteiger partial charge is 0.274 e. The van der Waals surface area contributed by atoms with E-state index >= 15 is 0 Å². The first-order valence-corrected chi connectivity index (χ1v) is 10.6. The normalized spacial score (nSPS) is 21.4. The number of rotatable bonds is 5. The van der Waals surface area contributed by atoms with Crippen LogP contribution >= 0.6 is 11.6 Å². The van der Waals surface area contributed by atoms with Crippen molar-refractivity contribution >= 4 is 11.6 Å². The molecular weight excluding hydrogens is 383 g/mol. The van der Waals surface area contributed by atoms with Gasteiger partial charge in [-0.1, -0.05) is 59.6 Å². The summed E-state index contributed by atoms with van der Waals surface area (Å²) in [6, 6.07) is 22.4. The Bertz CT molecular complexity index is 966. The molecule has 1 aliphatic heterocycles. The van der Waals surface area contributed by atoms with Gasteiger partial charge < -0.3 is 0 Å². The number of benzene rings is 3. The predicted octanol–water partition coefficient (Wildman–Crippen LogP) is 3.28. The van der Waals surface area contributed by atoms with Crippen LogP contribution in [-0.2, 0) is 13.1 Å². The van der Waals surface area contributed by atoms with E-state index in [2.05, 4.69) is 62.4 Å². The Kier molecular flexibility index (Phi) is 6.00. The SMILES string of the molecule is Cc1ccc(C2[NH+](Cc3ccccc3C)CC[NH+]2Cc2c(F)cccc2Cl)cc1. The first-order chi connectivity index (χ1) is 14.0. The summed E-state index contributed by atoms with van der Waals surface area (Å²) in [5.74, 6) is -0.208. The molecule has 0 amide bonds. The molecule has 0 radical (unpaired) electrons. The maximum atomic E-state index is 14.5. The number of hydrogen-bond donors (Lipinski definition) is 2. The summed E-state index contributed by atoms with van der Waals surface area (Å²) in [7, 11) is 0. The number of aryl methyl sites for hydroxylation is 2. The molecule has 2 N–H and O–H groups in total. The molecule has 0 bridgehead atoms. The fraction of sp³-hybridized carbons (Fsp3) is 0.280. The van der Waals surface area contributed by atoms with Crippen molar-refractivity contribution in [3.8, 4) is 0 Å². The van der Waals surface area contributed by atoms with Gasteiger partial charge in [-0.3, -0.25) is 9.80 Å². The topological polar surface area (TPSA) is 8.88 Å². The molecule has 3 unspecified atom stereocenters. The average molecular weight is 411 g/mol. The molecule has 4 rings (SSSR count). The van der Waals surface area contributed by atoms with Gasteiger partial charge >= 0.3 is 0 Å². The van der Waals surface area contributed by atoms with E-state index < -0.39 is 0 Å². The summed E-state index contributed by atoms with van der Waals surface area (Å²) < 4.78 is 14.5. The molecule has 3 atom stereocenters. The molecule has 4 heteroatoms. The Morgan fingerprint density at radius 3 is 2.24 bits per heavy atom. The van der Waals surface area contributed by atoms with Crippen LogP contribution in [0.3, 0.4) is 0 Å². The van der Waals surface area contributed by atoms with Gasteiger partial charge in [-0.15, -0.1) is 0 Å². The Balaban J connectivity index is 1.66. The molecule has 2 nitrogen and oxygen atoms in total. The monoisotopic (exact) mass is 410 g/mol. The van der Waals surface area contributed by atoms with Crippen molar-refractivity contribution in [1.82, 2.24) is 0 Å². The lowest BCUT2D eigenvalue weighted by molar-refractivity contribution is -1.09. The predicted molar refractivity (Wildman–Crippen MR) is 116 cm³/mol.